The first-order chi connectivity index (χ1) is 13.7. The van der Waals surface area contributed by atoms with E-state index >= 15 is 0 Å². The molecule has 0 bridgehead atoms. The molecule has 0 aliphatic heterocycles. The van der Waals surface area contributed by atoms with Crippen LogP contribution >= 0.6 is 11.8 Å². The van der Waals surface area contributed by atoms with Gasteiger partial charge in [-0.3, -0.25) is 4.40 Å². The molecular weight excluding hydrogens is 370 g/mol. The highest BCUT2D eigenvalue weighted by Crippen LogP contribution is 2.36. The van der Waals surface area contributed by atoms with Crippen LogP contribution in [0.4, 0.5) is 0 Å². The first-order valence-electron chi connectivity index (χ1n) is 9.39. The summed E-state index contributed by atoms with van der Waals surface area (Å²) in [6.07, 6.45) is 1.82. The third-order valence-corrected chi connectivity index (χ3v) is 5.74. The maximum absolute atomic E-state index is 5.49. The summed E-state index contributed by atoms with van der Waals surface area (Å²) >= 11 is 1.61. The van der Waals surface area contributed by atoms with Gasteiger partial charge in [0.15, 0.2) is 11.0 Å². The predicted molar refractivity (Wildman–Crippen MR) is 111 cm³/mol. The van der Waals surface area contributed by atoms with Crippen molar-refractivity contribution in [3.63, 3.8) is 0 Å². The van der Waals surface area contributed by atoms with E-state index < -0.39 is 0 Å². The number of hydrogen-bond donors (Lipinski definition) is 0. The maximum Gasteiger partial charge on any atom is 0.239 e. The Labute approximate surface area is 166 Å². The lowest BCUT2D eigenvalue weighted by atomic mass is 10.2. The third-order valence-electron chi connectivity index (χ3n) is 4.70. The Morgan fingerprint density at radius 1 is 1.00 bits per heavy atom. The first kappa shape index (κ1) is 17.2. The highest BCUT2D eigenvalue weighted by molar-refractivity contribution is 7.99. The zero-order valence-electron chi connectivity index (χ0n) is 15.7. The number of thioether (sulfide) groups is 1. The van der Waals surface area contributed by atoms with Gasteiger partial charge in [0.2, 0.25) is 5.89 Å². The maximum atomic E-state index is 5.49. The van der Waals surface area contributed by atoms with Crippen molar-refractivity contribution in [3.8, 4) is 0 Å². The van der Waals surface area contributed by atoms with E-state index in [-0.39, 0.29) is 5.25 Å². The van der Waals surface area contributed by atoms with Gasteiger partial charge in [-0.05, 0) is 37.6 Å². The van der Waals surface area contributed by atoms with Crippen molar-refractivity contribution in [1.82, 2.24) is 24.5 Å². The molecule has 5 rings (SSSR count). The number of aromatic nitrogens is 5. The van der Waals surface area contributed by atoms with Crippen LogP contribution < -0.4 is 0 Å². The number of aryl methyl sites for hydroxylation is 1. The summed E-state index contributed by atoms with van der Waals surface area (Å²) in [5.41, 5.74) is 3.84. The highest BCUT2D eigenvalue weighted by atomic mass is 32.2. The van der Waals surface area contributed by atoms with Crippen LogP contribution in [0.2, 0.25) is 0 Å². The lowest BCUT2D eigenvalue weighted by Crippen LogP contribution is -1.99. The quantitative estimate of drug-likeness (QED) is 0.303. The van der Waals surface area contributed by atoms with Crippen LogP contribution in [0.15, 0.2) is 58.2 Å². The molecule has 1 atom stereocenters. The van der Waals surface area contributed by atoms with Gasteiger partial charge in [0.05, 0.1) is 21.8 Å². The minimum Gasteiger partial charge on any atom is -0.338 e. The van der Waals surface area contributed by atoms with Crippen molar-refractivity contribution in [2.75, 3.05) is 0 Å². The molecule has 0 saturated heterocycles. The Morgan fingerprint density at radius 2 is 1.79 bits per heavy atom. The fraction of sp³-hybridized carbons (Fsp3) is 0.238. The fourth-order valence-corrected chi connectivity index (χ4v) is 4.31. The summed E-state index contributed by atoms with van der Waals surface area (Å²) in [5, 5.41) is 5.97. The molecule has 3 heterocycles. The van der Waals surface area contributed by atoms with Gasteiger partial charge in [0.25, 0.3) is 0 Å². The van der Waals surface area contributed by atoms with E-state index in [4.69, 9.17) is 14.5 Å². The SMILES string of the molecule is CCCc1noc(C(C)Sc2nc3ccccc3c3nc4ccccc4n23)n1. The van der Waals surface area contributed by atoms with Gasteiger partial charge >= 0.3 is 0 Å². The molecule has 0 N–H and O–H groups in total. The minimum atomic E-state index is -0.0175. The van der Waals surface area contributed by atoms with Crippen LogP contribution in [0.5, 0.6) is 0 Å². The number of para-hydroxylation sites is 3. The molecule has 2 aromatic carbocycles. The number of imidazole rings is 1. The van der Waals surface area contributed by atoms with E-state index in [2.05, 4.69) is 40.5 Å². The zero-order valence-corrected chi connectivity index (χ0v) is 16.5. The Balaban J connectivity index is 1.66. The number of hydrogen-bond acceptors (Lipinski definition) is 6. The molecule has 0 radical (unpaired) electrons. The van der Waals surface area contributed by atoms with Gasteiger partial charge in [-0.25, -0.2) is 9.97 Å². The van der Waals surface area contributed by atoms with Gasteiger partial charge in [-0.2, -0.15) is 4.98 Å². The second kappa shape index (κ2) is 6.91. The zero-order chi connectivity index (χ0) is 19.1. The summed E-state index contributed by atoms with van der Waals surface area (Å²) in [5.74, 6) is 1.38. The number of fused-ring (bicyclic) bond motifs is 5. The molecule has 3 aromatic heterocycles. The van der Waals surface area contributed by atoms with Crippen molar-refractivity contribution < 1.29 is 4.52 Å². The summed E-state index contributed by atoms with van der Waals surface area (Å²) in [7, 11) is 0. The standard InChI is InChI=1S/C21H19N5OS/c1-3-8-18-24-20(27-25-18)13(2)28-21-23-15-10-5-4-9-14(15)19-22-16-11-6-7-12-17(16)26(19)21/h4-7,9-13H,3,8H2,1-2H3. The van der Waals surface area contributed by atoms with Crippen molar-refractivity contribution in [2.45, 2.75) is 37.1 Å². The molecule has 7 heteroatoms. The average molecular weight is 389 g/mol. The first-order valence-corrected chi connectivity index (χ1v) is 10.3. The normalized spacial score (nSPS) is 12.9. The van der Waals surface area contributed by atoms with E-state index in [0.717, 1.165) is 51.4 Å². The molecule has 0 fully saturated rings. The van der Waals surface area contributed by atoms with Crippen molar-refractivity contribution in [1.29, 1.82) is 0 Å². The molecule has 0 aliphatic rings. The molecule has 140 valence electrons. The Hall–Kier alpha value is -2.93. The molecule has 0 spiro atoms. The molecule has 0 saturated carbocycles. The second-order valence-electron chi connectivity index (χ2n) is 6.73. The van der Waals surface area contributed by atoms with Crippen LogP contribution in [0.25, 0.3) is 27.6 Å². The minimum absolute atomic E-state index is 0.0175. The molecule has 1 unspecified atom stereocenters. The lowest BCUT2D eigenvalue weighted by Gasteiger charge is -2.10. The second-order valence-corrected chi connectivity index (χ2v) is 8.04. The van der Waals surface area contributed by atoms with Crippen molar-refractivity contribution in [3.05, 3.63) is 60.2 Å². The third kappa shape index (κ3) is 2.82. The Bertz CT molecular complexity index is 1290. The van der Waals surface area contributed by atoms with Crippen LogP contribution in [0.1, 0.15) is 37.2 Å². The van der Waals surface area contributed by atoms with Crippen LogP contribution in [0.3, 0.4) is 0 Å². The van der Waals surface area contributed by atoms with Gasteiger partial charge in [0, 0.05) is 11.8 Å². The molecule has 0 aliphatic carbocycles. The monoisotopic (exact) mass is 389 g/mol. The Morgan fingerprint density at radius 3 is 2.64 bits per heavy atom. The number of benzene rings is 2. The fourth-order valence-electron chi connectivity index (χ4n) is 3.36. The summed E-state index contributed by atoms with van der Waals surface area (Å²) in [6.45, 7) is 4.17. The van der Waals surface area contributed by atoms with E-state index in [0.29, 0.717) is 5.89 Å². The largest absolute Gasteiger partial charge is 0.338 e. The highest BCUT2D eigenvalue weighted by Gasteiger charge is 2.20. The van der Waals surface area contributed by atoms with Crippen molar-refractivity contribution in [2.24, 2.45) is 0 Å². The van der Waals surface area contributed by atoms with Gasteiger partial charge in [0.1, 0.15) is 5.65 Å². The summed E-state index contributed by atoms with van der Waals surface area (Å²) < 4.78 is 7.61. The van der Waals surface area contributed by atoms with E-state index in [1.807, 2.05) is 36.4 Å². The molecule has 6 nitrogen and oxygen atoms in total. The number of rotatable bonds is 5. The smallest absolute Gasteiger partial charge is 0.239 e. The summed E-state index contributed by atoms with van der Waals surface area (Å²) in [4.78, 5) is 14.3. The van der Waals surface area contributed by atoms with E-state index in [1.165, 1.54) is 0 Å². The Kier molecular flexibility index (Phi) is 4.24. The molecular formula is C21H19N5OS. The van der Waals surface area contributed by atoms with Crippen LogP contribution in [-0.4, -0.2) is 24.5 Å². The molecule has 0 amide bonds. The predicted octanol–water partition coefficient (Wildman–Crippen LogP) is 5.22. The average Bonchev–Trinajstić information content (AvgIpc) is 3.33. The molecule has 28 heavy (non-hydrogen) atoms. The summed E-state index contributed by atoms with van der Waals surface area (Å²) in [6, 6.07) is 16.3. The number of nitrogens with zero attached hydrogens (tertiary/aromatic N) is 5. The topological polar surface area (TPSA) is 69.1 Å². The van der Waals surface area contributed by atoms with E-state index in [1.54, 1.807) is 11.8 Å². The van der Waals surface area contributed by atoms with Crippen LogP contribution in [0, 0.1) is 0 Å². The van der Waals surface area contributed by atoms with Gasteiger partial charge < -0.3 is 4.52 Å². The van der Waals surface area contributed by atoms with E-state index in [9.17, 15) is 0 Å². The lowest BCUT2D eigenvalue weighted by molar-refractivity contribution is 0.374. The van der Waals surface area contributed by atoms with Crippen LogP contribution in [-0.2, 0) is 6.42 Å². The molecule has 5 aromatic rings. The van der Waals surface area contributed by atoms with Gasteiger partial charge in [-0.1, -0.05) is 48.1 Å². The van der Waals surface area contributed by atoms with Crippen molar-refractivity contribution >= 4 is 39.3 Å². The van der Waals surface area contributed by atoms with Gasteiger partial charge in [-0.15, -0.1) is 0 Å².